The number of hydrogen-bond donors (Lipinski definition) is 1. The molecule has 1 N–H and O–H groups in total. The molecule has 8 heteroatoms. The van der Waals surface area contributed by atoms with Crippen molar-refractivity contribution in [2.45, 2.75) is 33.7 Å². The maximum atomic E-state index is 4.84. The summed E-state index contributed by atoms with van der Waals surface area (Å²) in [5, 5.41) is 14.2. The molecule has 5 aromatic rings. The quantitative estimate of drug-likeness (QED) is 0.472. The highest BCUT2D eigenvalue weighted by Crippen LogP contribution is 2.29. The van der Waals surface area contributed by atoms with Crippen LogP contribution in [0.25, 0.3) is 33.7 Å². The Morgan fingerprint density at radius 2 is 1.84 bits per heavy atom. The Kier molecular flexibility index (Phi) is 4.74. The topological polar surface area (TPSA) is 98.1 Å². The van der Waals surface area contributed by atoms with Crippen LogP contribution in [0.15, 0.2) is 48.8 Å². The zero-order chi connectivity index (χ0) is 21.4. The van der Waals surface area contributed by atoms with Crippen molar-refractivity contribution >= 4 is 11.2 Å². The number of tetrazole rings is 1. The van der Waals surface area contributed by atoms with E-state index in [-0.39, 0.29) is 0 Å². The second-order valence-electron chi connectivity index (χ2n) is 7.59. The molecule has 0 unspecified atom stereocenters. The van der Waals surface area contributed by atoms with E-state index in [1.165, 1.54) is 11.1 Å². The number of aromatic nitrogens is 8. The second kappa shape index (κ2) is 7.71. The van der Waals surface area contributed by atoms with Crippen LogP contribution in [-0.2, 0) is 13.0 Å². The summed E-state index contributed by atoms with van der Waals surface area (Å²) in [5.41, 5.74) is 8.27. The first kappa shape index (κ1) is 19.0. The Hall–Kier alpha value is -3.94. The number of pyridine rings is 2. The summed E-state index contributed by atoms with van der Waals surface area (Å²) >= 11 is 0. The molecular formula is C23H22N8. The highest BCUT2D eigenvalue weighted by atomic mass is 15.5. The molecule has 5 rings (SSSR count). The molecule has 8 nitrogen and oxygen atoms in total. The third-order valence-electron chi connectivity index (χ3n) is 5.44. The van der Waals surface area contributed by atoms with Crippen molar-refractivity contribution in [3.8, 4) is 22.5 Å². The Balaban J connectivity index is 1.51. The predicted molar refractivity (Wildman–Crippen MR) is 118 cm³/mol. The molecule has 0 bridgehead atoms. The number of benzene rings is 1. The summed E-state index contributed by atoms with van der Waals surface area (Å²) in [6, 6.07) is 12.6. The maximum absolute atomic E-state index is 4.84. The van der Waals surface area contributed by atoms with Crippen LogP contribution in [0.5, 0.6) is 0 Å². The van der Waals surface area contributed by atoms with Crippen molar-refractivity contribution in [3.63, 3.8) is 0 Å². The van der Waals surface area contributed by atoms with Gasteiger partial charge in [0.15, 0.2) is 11.5 Å². The van der Waals surface area contributed by atoms with Crippen LogP contribution in [-0.4, -0.2) is 40.1 Å². The number of nitrogens with one attached hydrogen (secondary N) is 1. The number of fused-ring (bicyclic) bond motifs is 1. The minimum absolute atomic E-state index is 0.599. The maximum Gasteiger partial charge on any atom is 0.181 e. The molecule has 1 aromatic carbocycles. The average Bonchev–Trinajstić information content (AvgIpc) is 3.43. The van der Waals surface area contributed by atoms with Crippen LogP contribution < -0.4 is 0 Å². The molecule has 0 aliphatic carbocycles. The lowest BCUT2D eigenvalue weighted by atomic mass is 10.00. The molecule has 0 spiro atoms. The molecule has 154 valence electrons. The molecule has 0 aliphatic heterocycles. The average molecular weight is 410 g/mol. The summed E-state index contributed by atoms with van der Waals surface area (Å²) in [4.78, 5) is 13.8. The third-order valence-corrected chi connectivity index (χ3v) is 5.44. The fourth-order valence-electron chi connectivity index (χ4n) is 3.96. The third kappa shape index (κ3) is 3.46. The predicted octanol–water partition coefficient (Wildman–Crippen LogP) is 3.90. The van der Waals surface area contributed by atoms with Gasteiger partial charge in [0, 0.05) is 30.1 Å². The molecule has 0 fully saturated rings. The summed E-state index contributed by atoms with van der Waals surface area (Å²) in [5.74, 6) is 1.65. The number of imidazole rings is 1. The van der Waals surface area contributed by atoms with Crippen LogP contribution in [0.1, 0.15) is 29.6 Å². The number of aryl methyl sites for hydroxylation is 3. The Morgan fingerprint density at radius 3 is 2.58 bits per heavy atom. The number of H-pyrrole nitrogens is 1. The Labute approximate surface area is 179 Å². The first-order chi connectivity index (χ1) is 15.1. The summed E-state index contributed by atoms with van der Waals surface area (Å²) in [6.45, 7) is 6.98. The highest BCUT2D eigenvalue weighted by molar-refractivity contribution is 5.79. The van der Waals surface area contributed by atoms with Gasteiger partial charge in [-0.3, -0.25) is 4.98 Å². The lowest BCUT2D eigenvalue weighted by molar-refractivity contribution is 0.745. The van der Waals surface area contributed by atoms with Crippen molar-refractivity contribution in [3.05, 3.63) is 71.4 Å². The Bertz CT molecular complexity index is 1350. The van der Waals surface area contributed by atoms with Gasteiger partial charge in [-0.1, -0.05) is 31.2 Å². The molecule has 4 aromatic heterocycles. The van der Waals surface area contributed by atoms with E-state index in [0.717, 1.165) is 52.3 Å². The molecule has 0 amide bonds. The lowest BCUT2D eigenvalue weighted by Gasteiger charge is -2.10. The van der Waals surface area contributed by atoms with E-state index in [1.54, 1.807) is 12.4 Å². The minimum atomic E-state index is 0.599. The van der Waals surface area contributed by atoms with Gasteiger partial charge in [0.05, 0.1) is 6.54 Å². The van der Waals surface area contributed by atoms with Crippen LogP contribution in [0, 0.1) is 13.8 Å². The molecule has 0 radical (unpaired) electrons. The van der Waals surface area contributed by atoms with Crippen molar-refractivity contribution in [2.24, 2.45) is 0 Å². The first-order valence-corrected chi connectivity index (χ1v) is 10.2. The zero-order valence-electron chi connectivity index (χ0n) is 17.7. The van der Waals surface area contributed by atoms with Gasteiger partial charge in [-0.25, -0.2) is 15.1 Å². The van der Waals surface area contributed by atoms with Gasteiger partial charge in [0.25, 0.3) is 0 Å². The summed E-state index contributed by atoms with van der Waals surface area (Å²) in [6.07, 6.45) is 4.41. The van der Waals surface area contributed by atoms with E-state index < -0.39 is 0 Å². The van der Waals surface area contributed by atoms with E-state index in [4.69, 9.17) is 9.97 Å². The fraction of sp³-hybridized carbons (Fsp3) is 0.217. The molecule has 4 heterocycles. The molecule has 31 heavy (non-hydrogen) atoms. The van der Waals surface area contributed by atoms with Crippen molar-refractivity contribution in [2.75, 3.05) is 0 Å². The van der Waals surface area contributed by atoms with E-state index in [2.05, 4.69) is 74.4 Å². The number of hydrogen-bond acceptors (Lipinski definition) is 6. The van der Waals surface area contributed by atoms with E-state index in [1.807, 2.05) is 13.0 Å². The molecular weight excluding hydrogens is 388 g/mol. The largest absolute Gasteiger partial charge is 0.308 e. The summed E-state index contributed by atoms with van der Waals surface area (Å²) in [7, 11) is 0. The molecule has 0 atom stereocenters. The normalized spacial score (nSPS) is 11.3. The van der Waals surface area contributed by atoms with Gasteiger partial charge in [0.1, 0.15) is 11.3 Å². The van der Waals surface area contributed by atoms with Gasteiger partial charge in [-0.05, 0) is 58.7 Å². The minimum Gasteiger partial charge on any atom is -0.308 e. The zero-order valence-corrected chi connectivity index (χ0v) is 17.7. The van der Waals surface area contributed by atoms with Gasteiger partial charge in [0.2, 0.25) is 0 Å². The Morgan fingerprint density at radius 1 is 1.00 bits per heavy atom. The number of nitrogens with zero attached hydrogens (tertiary/aromatic N) is 7. The van der Waals surface area contributed by atoms with Gasteiger partial charge < -0.3 is 4.57 Å². The molecule has 0 saturated heterocycles. The van der Waals surface area contributed by atoms with Gasteiger partial charge in [-0.15, -0.1) is 5.10 Å². The van der Waals surface area contributed by atoms with Crippen molar-refractivity contribution < 1.29 is 0 Å². The highest BCUT2D eigenvalue weighted by Gasteiger charge is 2.14. The second-order valence-corrected chi connectivity index (χ2v) is 7.59. The smallest absolute Gasteiger partial charge is 0.181 e. The van der Waals surface area contributed by atoms with Crippen molar-refractivity contribution in [1.82, 2.24) is 40.1 Å². The molecule has 0 saturated carbocycles. The SMILES string of the molecule is CCc1nc2c(C)cc(C)nc2n1Cc1ccc(-c2ccncc2-c2nnn[nH]2)cc1. The first-order valence-electron chi connectivity index (χ1n) is 10.2. The lowest BCUT2D eigenvalue weighted by Crippen LogP contribution is -2.05. The summed E-state index contributed by atoms with van der Waals surface area (Å²) < 4.78 is 2.22. The van der Waals surface area contributed by atoms with Crippen LogP contribution >= 0.6 is 0 Å². The number of aromatic amines is 1. The fourth-order valence-corrected chi connectivity index (χ4v) is 3.96. The van der Waals surface area contributed by atoms with E-state index in [9.17, 15) is 0 Å². The van der Waals surface area contributed by atoms with Crippen LogP contribution in [0.4, 0.5) is 0 Å². The van der Waals surface area contributed by atoms with Crippen LogP contribution in [0.3, 0.4) is 0 Å². The molecule has 0 aliphatic rings. The standard InChI is InChI=1S/C23H22N8/c1-4-20-26-21-14(2)11-15(3)25-23(21)31(20)13-16-5-7-17(8-6-16)18-9-10-24-12-19(18)22-27-29-30-28-22/h5-12H,4,13H2,1-3H3,(H,27,28,29,30). The van der Waals surface area contributed by atoms with E-state index in [0.29, 0.717) is 5.82 Å². The number of rotatable bonds is 5. The van der Waals surface area contributed by atoms with Crippen LogP contribution in [0.2, 0.25) is 0 Å². The van der Waals surface area contributed by atoms with Gasteiger partial charge in [-0.2, -0.15) is 0 Å². The van der Waals surface area contributed by atoms with E-state index >= 15 is 0 Å². The van der Waals surface area contributed by atoms with Gasteiger partial charge >= 0.3 is 0 Å². The van der Waals surface area contributed by atoms with Crippen molar-refractivity contribution in [1.29, 1.82) is 0 Å². The monoisotopic (exact) mass is 410 g/mol.